The summed E-state index contributed by atoms with van der Waals surface area (Å²) in [5.41, 5.74) is 0.210. The van der Waals surface area contributed by atoms with E-state index in [0.29, 0.717) is 5.92 Å². The van der Waals surface area contributed by atoms with Crippen LogP contribution in [0.25, 0.3) is 0 Å². The molecule has 114 valence electrons. The van der Waals surface area contributed by atoms with Crippen molar-refractivity contribution in [3.05, 3.63) is 23.8 Å². The summed E-state index contributed by atoms with van der Waals surface area (Å²) in [5, 5.41) is 13.2. The molecule has 0 bridgehead atoms. The molecule has 0 radical (unpaired) electrons. The second-order valence-corrected chi connectivity index (χ2v) is 6.10. The molecule has 0 saturated heterocycles. The topological polar surface area (TPSA) is 50.7 Å². The van der Waals surface area contributed by atoms with Crippen LogP contribution in [-0.2, 0) is 6.54 Å². The van der Waals surface area contributed by atoms with Gasteiger partial charge in [0.05, 0.1) is 12.7 Å². The van der Waals surface area contributed by atoms with Crippen molar-refractivity contribution in [2.24, 2.45) is 5.92 Å². The molecular formula is C16H27NO3. The highest BCUT2D eigenvalue weighted by Crippen LogP contribution is 2.25. The van der Waals surface area contributed by atoms with E-state index in [0.717, 1.165) is 30.2 Å². The molecule has 4 nitrogen and oxygen atoms in total. The Hall–Kier alpha value is -1.26. The largest absolute Gasteiger partial charge is 0.497 e. The summed E-state index contributed by atoms with van der Waals surface area (Å²) in [6.07, 6.45) is 0. The van der Waals surface area contributed by atoms with Crippen molar-refractivity contribution in [3.63, 3.8) is 0 Å². The maximum absolute atomic E-state index is 9.77. The minimum absolute atomic E-state index is 0.247. The van der Waals surface area contributed by atoms with E-state index in [-0.39, 0.29) is 6.61 Å². The Bertz CT molecular complexity index is 411. The first kappa shape index (κ1) is 16.8. The summed E-state index contributed by atoms with van der Waals surface area (Å²) in [4.78, 5) is 0. The van der Waals surface area contributed by atoms with Gasteiger partial charge < -0.3 is 19.9 Å². The van der Waals surface area contributed by atoms with Crippen molar-refractivity contribution in [2.45, 2.75) is 39.8 Å². The molecule has 0 saturated carbocycles. The Morgan fingerprint density at radius 3 is 2.55 bits per heavy atom. The first-order chi connectivity index (χ1) is 9.31. The van der Waals surface area contributed by atoms with Crippen LogP contribution in [0.5, 0.6) is 11.5 Å². The summed E-state index contributed by atoms with van der Waals surface area (Å²) in [6, 6.07) is 5.77. The predicted octanol–water partition coefficient (Wildman–Crippen LogP) is 2.59. The average molecular weight is 281 g/mol. The minimum atomic E-state index is -0.855. The lowest BCUT2D eigenvalue weighted by Crippen LogP contribution is -2.28. The average Bonchev–Trinajstić information content (AvgIpc) is 2.36. The van der Waals surface area contributed by atoms with Crippen molar-refractivity contribution in [3.8, 4) is 11.5 Å². The maximum atomic E-state index is 9.77. The first-order valence-corrected chi connectivity index (χ1v) is 7.04. The molecule has 0 fully saturated rings. The van der Waals surface area contributed by atoms with Gasteiger partial charge in [-0.2, -0.15) is 0 Å². The molecule has 0 amide bonds. The Labute approximate surface area is 122 Å². The molecule has 0 spiro atoms. The number of aliphatic hydroxyl groups is 1. The Morgan fingerprint density at radius 2 is 2.00 bits per heavy atom. The summed E-state index contributed by atoms with van der Waals surface area (Å²) >= 11 is 0. The molecule has 20 heavy (non-hydrogen) atoms. The van der Waals surface area contributed by atoms with E-state index < -0.39 is 5.60 Å². The zero-order valence-corrected chi connectivity index (χ0v) is 13.2. The van der Waals surface area contributed by atoms with Gasteiger partial charge >= 0.3 is 0 Å². The molecule has 0 aromatic heterocycles. The second-order valence-electron chi connectivity index (χ2n) is 6.10. The van der Waals surface area contributed by atoms with Crippen molar-refractivity contribution < 1.29 is 14.6 Å². The summed E-state index contributed by atoms with van der Waals surface area (Å²) in [6.45, 7) is 9.74. The fourth-order valence-corrected chi connectivity index (χ4v) is 1.69. The fourth-order valence-electron chi connectivity index (χ4n) is 1.69. The molecule has 0 heterocycles. The van der Waals surface area contributed by atoms with Crippen LogP contribution >= 0.6 is 0 Å². The van der Waals surface area contributed by atoms with E-state index in [4.69, 9.17) is 9.47 Å². The van der Waals surface area contributed by atoms with E-state index in [9.17, 15) is 5.11 Å². The number of benzene rings is 1. The summed E-state index contributed by atoms with van der Waals surface area (Å²) in [7, 11) is 1.63. The molecule has 1 rings (SSSR count). The molecule has 0 aliphatic heterocycles. The number of rotatable bonds is 8. The highest BCUT2D eigenvalue weighted by molar-refractivity contribution is 5.40. The SMILES string of the molecule is COc1ccc(CNCC(C)C)c(OCC(C)(C)O)c1. The molecule has 1 aromatic carbocycles. The van der Waals surface area contributed by atoms with Crippen LogP contribution in [0.4, 0.5) is 0 Å². The number of nitrogens with one attached hydrogen (secondary N) is 1. The first-order valence-electron chi connectivity index (χ1n) is 7.04. The predicted molar refractivity (Wildman–Crippen MR) is 81.3 cm³/mol. The molecule has 0 aliphatic carbocycles. The van der Waals surface area contributed by atoms with Crippen LogP contribution in [0.15, 0.2) is 18.2 Å². The van der Waals surface area contributed by atoms with Gasteiger partial charge in [-0.25, -0.2) is 0 Å². The normalized spacial score (nSPS) is 11.8. The highest BCUT2D eigenvalue weighted by Gasteiger charge is 2.15. The van der Waals surface area contributed by atoms with Gasteiger partial charge in [0.15, 0.2) is 0 Å². The van der Waals surface area contributed by atoms with Gasteiger partial charge in [-0.1, -0.05) is 19.9 Å². The van der Waals surface area contributed by atoms with Crippen molar-refractivity contribution >= 4 is 0 Å². The van der Waals surface area contributed by atoms with E-state index in [1.807, 2.05) is 18.2 Å². The third kappa shape index (κ3) is 6.26. The van der Waals surface area contributed by atoms with Crippen LogP contribution in [-0.4, -0.2) is 31.0 Å². The van der Waals surface area contributed by atoms with Crippen molar-refractivity contribution in [1.29, 1.82) is 0 Å². The molecule has 0 unspecified atom stereocenters. The van der Waals surface area contributed by atoms with E-state index in [1.54, 1.807) is 21.0 Å². The van der Waals surface area contributed by atoms with Gasteiger partial charge in [0, 0.05) is 18.2 Å². The standard InChI is InChI=1S/C16H27NO3/c1-12(2)9-17-10-13-6-7-14(19-5)8-15(13)20-11-16(3,4)18/h6-8,12,17-18H,9-11H2,1-5H3. The Balaban J connectivity index is 2.75. The fraction of sp³-hybridized carbons (Fsp3) is 0.625. The van der Waals surface area contributed by atoms with Crippen LogP contribution in [0.3, 0.4) is 0 Å². The van der Waals surface area contributed by atoms with Crippen LogP contribution < -0.4 is 14.8 Å². The van der Waals surface area contributed by atoms with Gasteiger partial charge in [0.2, 0.25) is 0 Å². The van der Waals surface area contributed by atoms with Gasteiger partial charge in [0.25, 0.3) is 0 Å². The van der Waals surface area contributed by atoms with E-state index in [2.05, 4.69) is 19.2 Å². The van der Waals surface area contributed by atoms with Crippen LogP contribution in [0, 0.1) is 5.92 Å². The van der Waals surface area contributed by atoms with Crippen LogP contribution in [0.2, 0.25) is 0 Å². The van der Waals surface area contributed by atoms with Crippen molar-refractivity contribution in [1.82, 2.24) is 5.32 Å². The lowest BCUT2D eigenvalue weighted by molar-refractivity contribution is 0.0280. The number of methoxy groups -OCH3 is 1. The quantitative estimate of drug-likeness (QED) is 0.769. The van der Waals surface area contributed by atoms with Crippen LogP contribution in [0.1, 0.15) is 33.3 Å². The second kappa shape index (κ2) is 7.50. The van der Waals surface area contributed by atoms with Gasteiger partial charge in [-0.05, 0) is 32.4 Å². The third-order valence-electron chi connectivity index (χ3n) is 2.72. The Morgan fingerprint density at radius 1 is 1.30 bits per heavy atom. The molecule has 1 aromatic rings. The maximum Gasteiger partial charge on any atom is 0.127 e. The smallest absolute Gasteiger partial charge is 0.127 e. The summed E-state index contributed by atoms with van der Waals surface area (Å²) < 4.78 is 11.0. The lowest BCUT2D eigenvalue weighted by atomic mass is 10.1. The molecule has 0 atom stereocenters. The number of hydrogen-bond donors (Lipinski definition) is 2. The van der Waals surface area contributed by atoms with E-state index in [1.165, 1.54) is 0 Å². The Kier molecular flexibility index (Phi) is 6.30. The van der Waals surface area contributed by atoms with Crippen molar-refractivity contribution in [2.75, 3.05) is 20.3 Å². The number of ether oxygens (including phenoxy) is 2. The molecule has 0 aliphatic rings. The lowest BCUT2D eigenvalue weighted by Gasteiger charge is -2.20. The highest BCUT2D eigenvalue weighted by atomic mass is 16.5. The molecular weight excluding hydrogens is 254 g/mol. The minimum Gasteiger partial charge on any atom is -0.497 e. The molecule has 2 N–H and O–H groups in total. The van der Waals surface area contributed by atoms with Gasteiger partial charge in [0.1, 0.15) is 18.1 Å². The van der Waals surface area contributed by atoms with Gasteiger partial charge in [-0.15, -0.1) is 0 Å². The zero-order chi connectivity index (χ0) is 15.2. The molecule has 4 heteroatoms. The van der Waals surface area contributed by atoms with Gasteiger partial charge in [-0.3, -0.25) is 0 Å². The third-order valence-corrected chi connectivity index (χ3v) is 2.72. The number of hydrogen-bond acceptors (Lipinski definition) is 4. The zero-order valence-electron chi connectivity index (χ0n) is 13.2. The van der Waals surface area contributed by atoms with E-state index >= 15 is 0 Å². The monoisotopic (exact) mass is 281 g/mol. The summed E-state index contributed by atoms with van der Waals surface area (Å²) in [5.74, 6) is 2.11.